The van der Waals surface area contributed by atoms with Gasteiger partial charge >= 0.3 is 0 Å². The molecule has 0 fully saturated rings. The van der Waals surface area contributed by atoms with Crippen LogP contribution in [0.5, 0.6) is 0 Å². The minimum absolute atomic E-state index is 0. The Labute approximate surface area is 153 Å². The highest BCUT2D eigenvalue weighted by atomic mass is 35.5. The Morgan fingerprint density at radius 1 is 1.20 bits per heavy atom. The largest absolute Gasteiger partial charge is 0.351 e. The number of nitrogens with two attached hydrogens (primary N) is 1. The molecule has 0 aliphatic heterocycles. The number of hydrogen-bond donors (Lipinski definition) is 2. The van der Waals surface area contributed by atoms with Crippen molar-refractivity contribution >= 4 is 29.3 Å². The van der Waals surface area contributed by atoms with Crippen molar-refractivity contribution in [1.29, 1.82) is 0 Å². The van der Waals surface area contributed by atoms with E-state index in [1.54, 1.807) is 0 Å². The van der Waals surface area contributed by atoms with Crippen molar-refractivity contribution in [2.45, 2.75) is 32.4 Å². The first-order valence-corrected chi connectivity index (χ1v) is 8.23. The predicted molar refractivity (Wildman–Crippen MR) is 103 cm³/mol. The lowest BCUT2D eigenvalue weighted by Gasteiger charge is -2.11. The summed E-state index contributed by atoms with van der Waals surface area (Å²) in [6, 6.07) is 15.7. The zero-order valence-corrected chi connectivity index (χ0v) is 15.0. The van der Waals surface area contributed by atoms with Gasteiger partial charge in [-0.05, 0) is 36.2 Å². The Morgan fingerprint density at radius 3 is 2.64 bits per heavy atom. The van der Waals surface area contributed by atoms with Gasteiger partial charge in [-0.25, -0.2) is 4.98 Å². The van der Waals surface area contributed by atoms with E-state index in [-0.39, 0.29) is 18.3 Å². The molecule has 0 saturated heterocycles. The third-order valence-corrected chi connectivity index (χ3v) is 4.07. The van der Waals surface area contributed by atoms with Crippen LogP contribution < -0.4 is 11.1 Å². The molecule has 0 aliphatic rings. The van der Waals surface area contributed by atoms with Crippen molar-refractivity contribution in [2.75, 3.05) is 0 Å². The molecule has 3 aromatic rings. The fourth-order valence-electron chi connectivity index (χ4n) is 2.70. The summed E-state index contributed by atoms with van der Waals surface area (Å²) in [4.78, 5) is 16.3. The SMILES string of the molecule is CCCC(N)C(=O)NCc1ccc(-n2cnc3ccccc32)cc1.Cl. The highest BCUT2D eigenvalue weighted by Crippen LogP contribution is 2.18. The lowest BCUT2D eigenvalue weighted by atomic mass is 10.1. The molecule has 0 aliphatic carbocycles. The van der Waals surface area contributed by atoms with Gasteiger partial charge in [-0.1, -0.05) is 37.6 Å². The Morgan fingerprint density at radius 2 is 1.92 bits per heavy atom. The molecule has 1 atom stereocenters. The summed E-state index contributed by atoms with van der Waals surface area (Å²) >= 11 is 0. The third kappa shape index (κ3) is 4.38. The normalized spacial score (nSPS) is 11.8. The molecule has 6 heteroatoms. The van der Waals surface area contributed by atoms with E-state index in [1.807, 2.05) is 61.8 Å². The number of carbonyl (C=O) groups excluding carboxylic acids is 1. The van der Waals surface area contributed by atoms with Crippen molar-refractivity contribution in [2.24, 2.45) is 5.73 Å². The molecule has 25 heavy (non-hydrogen) atoms. The Kier molecular flexibility index (Phi) is 6.56. The second kappa shape index (κ2) is 8.65. The Hall–Kier alpha value is -2.37. The van der Waals surface area contributed by atoms with Crippen molar-refractivity contribution in [1.82, 2.24) is 14.9 Å². The molecule has 0 spiro atoms. The van der Waals surface area contributed by atoms with Gasteiger partial charge in [0, 0.05) is 12.2 Å². The van der Waals surface area contributed by atoms with Crippen LogP contribution in [0.2, 0.25) is 0 Å². The average Bonchev–Trinajstić information content (AvgIpc) is 3.04. The zero-order chi connectivity index (χ0) is 16.9. The maximum absolute atomic E-state index is 11.9. The monoisotopic (exact) mass is 358 g/mol. The van der Waals surface area contributed by atoms with E-state index in [2.05, 4.69) is 14.9 Å². The van der Waals surface area contributed by atoms with E-state index >= 15 is 0 Å². The molecule has 1 heterocycles. The number of hydrogen-bond acceptors (Lipinski definition) is 3. The minimum Gasteiger partial charge on any atom is -0.351 e. The van der Waals surface area contributed by atoms with Gasteiger partial charge in [-0.15, -0.1) is 12.4 Å². The second-order valence-corrected chi connectivity index (χ2v) is 5.88. The number of aromatic nitrogens is 2. The minimum atomic E-state index is -0.424. The molecule has 0 radical (unpaired) electrons. The summed E-state index contributed by atoms with van der Waals surface area (Å²) in [5.41, 5.74) is 9.94. The predicted octanol–water partition coefficient (Wildman–Crippen LogP) is 3.19. The number of halogens is 1. The Bertz CT molecular complexity index is 829. The van der Waals surface area contributed by atoms with Crippen LogP contribution in [0.1, 0.15) is 25.3 Å². The lowest BCUT2D eigenvalue weighted by Crippen LogP contribution is -2.40. The van der Waals surface area contributed by atoms with Gasteiger partial charge in [0.2, 0.25) is 5.91 Å². The quantitative estimate of drug-likeness (QED) is 0.710. The van der Waals surface area contributed by atoms with Crippen LogP contribution in [0.25, 0.3) is 16.7 Å². The van der Waals surface area contributed by atoms with E-state index < -0.39 is 6.04 Å². The fourth-order valence-corrected chi connectivity index (χ4v) is 2.70. The Balaban J connectivity index is 0.00000225. The van der Waals surface area contributed by atoms with Crippen molar-refractivity contribution < 1.29 is 4.79 Å². The van der Waals surface area contributed by atoms with E-state index in [0.29, 0.717) is 13.0 Å². The molecular weight excluding hydrogens is 336 g/mol. The van der Waals surface area contributed by atoms with Gasteiger partial charge in [0.1, 0.15) is 6.33 Å². The van der Waals surface area contributed by atoms with E-state index in [4.69, 9.17) is 5.73 Å². The summed E-state index contributed by atoms with van der Waals surface area (Å²) in [7, 11) is 0. The molecule has 1 amide bonds. The number of imidazole rings is 1. The second-order valence-electron chi connectivity index (χ2n) is 5.88. The van der Waals surface area contributed by atoms with E-state index in [9.17, 15) is 4.79 Å². The van der Waals surface area contributed by atoms with E-state index in [0.717, 1.165) is 28.7 Å². The van der Waals surface area contributed by atoms with Gasteiger partial charge < -0.3 is 11.1 Å². The van der Waals surface area contributed by atoms with Crippen molar-refractivity contribution in [3.05, 3.63) is 60.4 Å². The van der Waals surface area contributed by atoms with Crippen LogP contribution in [0, 0.1) is 0 Å². The van der Waals surface area contributed by atoms with E-state index in [1.165, 1.54) is 0 Å². The highest BCUT2D eigenvalue weighted by Gasteiger charge is 2.11. The topological polar surface area (TPSA) is 72.9 Å². The molecule has 132 valence electrons. The molecule has 0 bridgehead atoms. The van der Waals surface area contributed by atoms with Crippen molar-refractivity contribution in [3.8, 4) is 5.69 Å². The van der Waals surface area contributed by atoms with Gasteiger partial charge in [0.25, 0.3) is 0 Å². The number of nitrogens with one attached hydrogen (secondary N) is 1. The molecular formula is C19H23ClN4O. The number of benzene rings is 2. The standard InChI is InChI=1S/C19H22N4O.ClH/c1-2-5-16(20)19(24)21-12-14-8-10-15(11-9-14)23-13-22-17-6-3-4-7-18(17)23;/h3-4,6-11,13,16H,2,5,12,20H2,1H3,(H,21,24);1H. The fraction of sp³-hybridized carbons (Fsp3) is 0.263. The summed E-state index contributed by atoms with van der Waals surface area (Å²) in [6.45, 7) is 2.51. The molecule has 3 rings (SSSR count). The molecule has 1 unspecified atom stereocenters. The van der Waals surface area contributed by atoms with Gasteiger partial charge in [0.05, 0.1) is 17.1 Å². The molecule has 3 N–H and O–H groups in total. The van der Waals surface area contributed by atoms with Crippen LogP contribution in [0.4, 0.5) is 0 Å². The molecule has 0 saturated carbocycles. The number of amides is 1. The van der Waals surface area contributed by atoms with Crippen LogP contribution in [0.15, 0.2) is 54.9 Å². The lowest BCUT2D eigenvalue weighted by molar-refractivity contribution is -0.122. The average molecular weight is 359 g/mol. The van der Waals surface area contributed by atoms with Crippen molar-refractivity contribution in [3.63, 3.8) is 0 Å². The number of fused-ring (bicyclic) bond motifs is 1. The van der Waals surface area contributed by atoms with Gasteiger partial charge in [0.15, 0.2) is 0 Å². The molecule has 1 aromatic heterocycles. The number of carbonyl (C=O) groups is 1. The van der Waals surface area contributed by atoms with Crippen LogP contribution in [-0.4, -0.2) is 21.5 Å². The first kappa shape index (κ1) is 19.0. The van der Waals surface area contributed by atoms with Crippen LogP contribution in [-0.2, 0) is 11.3 Å². The summed E-state index contributed by atoms with van der Waals surface area (Å²) in [6.07, 6.45) is 3.44. The summed E-state index contributed by atoms with van der Waals surface area (Å²) < 4.78 is 2.05. The van der Waals surface area contributed by atoms with Gasteiger partial charge in [-0.2, -0.15) is 0 Å². The maximum atomic E-state index is 11.9. The van der Waals surface area contributed by atoms with Crippen LogP contribution in [0.3, 0.4) is 0 Å². The number of para-hydroxylation sites is 2. The number of rotatable bonds is 6. The zero-order valence-electron chi connectivity index (χ0n) is 14.2. The molecule has 2 aromatic carbocycles. The third-order valence-electron chi connectivity index (χ3n) is 4.07. The maximum Gasteiger partial charge on any atom is 0.237 e. The first-order chi connectivity index (χ1) is 11.7. The first-order valence-electron chi connectivity index (χ1n) is 8.23. The summed E-state index contributed by atoms with van der Waals surface area (Å²) in [5.74, 6) is -0.0958. The van der Waals surface area contributed by atoms with Gasteiger partial charge in [-0.3, -0.25) is 9.36 Å². The summed E-state index contributed by atoms with van der Waals surface area (Å²) in [5, 5.41) is 2.88. The smallest absolute Gasteiger partial charge is 0.237 e. The number of nitrogens with zero attached hydrogens (tertiary/aromatic N) is 2. The molecule has 5 nitrogen and oxygen atoms in total. The van der Waals surface area contributed by atoms with Crippen LogP contribution >= 0.6 is 12.4 Å². The highest BCUT2D eigenvalue weighted by molar-refractivity contribution is 5.85.